The smallest absolute Gasteiger partial charge is 0.334 e. The molecule has 0 radical (unpaired) electrons. The number of nitrogens with one attached hydrogen (secondary N) is 1. The Hall–Kier alpha value is -1.96. The van der Waals surface area contributed by atoms with Crippen molar-refractivity contribution in [2.75, 3.05) is 5.32 Å². The lowest BCUT2D eigenvalue weighted by Crippen LogP contribution is -2.29. The molecule has 0 saturated carbocycles. The number of hydrogen-bond acceptors (Lipinski definition) is 6. The van der Waals surface area contributed by atoms with E-state index in [1.54, 1.807) is 13.2 Å². The maximum atomic E-state index is 11.4. The van der Waals surface area contributed by atoms with E-state index in [1.807, 2.05) is 33.1 Å². The van der Waals surface area contributed by atoms with Gasteiger partial charge in [0, 0.05) is 24.5 Å². The van der Waals surface area contributed by atoms with Gasteiger partial charge in [-0.25, -0.2) is 9.67 Å². The monoisotopic (exact) mass is 309 g/mol. The summed E-state index contributed by atoms with van der Waals surface area (Å²) >= 11 is 1.51. The molecular weight excluding hydrogens is 290 g/mol. The molecule has 0 aliphatic carbocycles. The molecule has 8 heteroatoms. The minimum Gasteiger partial charge on any atom is -0.353 e. The molecule has 0 aliphatic rings. The van der Waals surface area contributed by atoms with E-state index in [0.29, 0.717) is 11.5 Å². The molecule has 1 N–H and O–H groups in total. The zero-order chi connectivity index (χ0) is 15.8. The van der Waals surface area contributed by atoms with E-state index < -0.39 is 5.54 Å². The quantitative estimate of drug-likeness (QED) is 0.676. The van der Waals surface area contributed by atoms with Crippen molar-refractivity contribution in [2.45, 2.75) is 39.2 Å². The highest BCUT2D eigenvalue weighted by Gasteiger charge is 2.33. The summed E-state index contributed by atoms with van der Waals surface area (Å²) in [4.78, 5) is 15.3. The maximum Gasteiger partial charge on any atom is 0.334 e. The highest BCUT2D eigenvalue weighted by molar-refractivity contribution is 7.09. The van der Waals surface area contributed by atoms with Crippen LogP contribution in [0.15, 0.2) is 11.6 Å². The topological polar surface area (TPSA) is 85.9 Å². The third-order valence-corrected chi connectivity index (χ3v) is 4.27. The molecular formula is C13H19N5O2S. The number of thiazole rings is 1. The summed E-state index contributed by atoms with van der Waals surface area (Å²) in [6, 6.07) is 0. The lowest BCUT2D eigenvalue weighted by Gasteiger charge is -2.24. The molecule has 7 nitrogen and oxygen atoms in total. The zero-order valence-corrected chi connectivity index (χ0v) is 13.6. The third kappa shape index (κ3) is 2.90. The van der Waals surface area contributed by atoms with Crippen molar-refractivity contribution in [1.82, 2.24) is 14.8 Å². The Morgan fingerprint density at radius 2 is 2.14 bits per heavy atom. The van der Waals surface area contributed by atoms with Crippen LogP contribution in [0.5, 0.6) is 0 Å². The summed E-state index contributed by atoms with van der Waals surface area (Å²) < 4.78 is 1.53. The van der Waals surface area contributed by atoms with E-state index >= 15 is 0 Å². The van der Waals surface area contributed by atoms with E-state index in [4.69, 9.17) is 0 Å². The summed E-state index contributed by atoms with van der Waals surface area (Å²) in [5.74, 6) is 0.388. The van der Waals surface area contributed by atoms with Gasteiger partial charge in [-0.3, -0.25) is 10.1 Å². The first-order valence-electron chi connectivity index (χ1n) is 6.63. The van der Waals surface area contributed by atoms with Crippen molar-refractivity contribution in [3.8, 4) is 0 Å². The first kappa shape index (κ1) is 15.4. The first-order chi connectivity index (χ1) is 9.74. The van der Waals surface area contributed by atoms with Crippen molar-refractivity contribution < 1.29 is 4.92 Å². The Balaban J connectivity index is 2.47. The summed E-state index contributed by atoms with van der Waals surface area (Å²) in [7, 11) is 1.71. The van der Waals surface area contributed by atoms with Crippen LogP contribution in [0.25, 0.3) is 0 Å². The SMILES string of the molecule is CC(C)c1nn(C)c(NC(C)(C)c2nccs2)c1[N+](=O)[O-]. The Kier molecular flexibility index (Phi) is 3.99. The standard InChI is InChI=1S/C13H19N5O2S/c1-8(2)9-10(18(19)20)11(17(5)16-9)15-13(3,4)12-14-6-7-21-12/h6-8,15H,1-5H3. The van der Waals surface area contributed by atoms with Crippen LogP contribution >= 0.6 is 11.3 Å². The highest BCUT2D eigenvalue weighted by atomic mass is 32.1. The molecule has 0 bridgehead atoms. The van der Waals surface area contributed by atoms with Gasteiger partial charge >= 0.3 is 5.69 Å². The van der Waals surface area contributed by atoms with Crippen LogP contribution in [-0.4, -0.2) is 19.7 Å². The van der Waals surface area contributed by atoms with Crippen molar-refractivity contribution in [3.63, 3.8) is 0 Å². The normalized spacial score (nSPS) is 11.9. The molecule has 0 amide bonds. The molecule has 0 fully saturated rings. The Morgan fingerprint density at radius 3 is 2.62 bits per heavy atom. The van der Waals surface area contributed by atoms with Gasteiger partial charge in [-0.15, -0.1) is 11.3 Å². The Morgan fingerprint density at radius 1 is 1.48 bits per heavy atom. The molecule has 0 saturated heterocycles. The Bertz CT molecular complexity index is 646. The number of hydrogen-bond donors (Lipinski definition) is 1. The van der Waals surface area contributed by atoms with Crippen LogP contribution < -0.4 is 5.32 Å². The minimum absolute atomic E-state index is 0.0184. The summed E-state index contributed by atoms with van der Waals surface area (Å²) in [5, 5.41) is 21.7. The van der Waals surface area contributed by atoms with Gasteiger partial charge in [0.1, 0.15) is 10.7 Å². The van der Waals surface area contributed by atoms with Crippen LogP contribution in [-0.2, 0) is 12.6 Å². The molecule has 0 unspecified atom stereocenters. The fourth-order valence-electron chi connectivity index (χ4n) is 2.12. The second kappa shape index (κ2) is 5.44. The van der Waals surface area contributed by atoms with Gasteiger partial charge in [0.05, 0.1) is 10.5 Å². The van der Waals surface area contributed by atoms with Gasteiger partial charge in [-0.1, -0.05) is 13.8 Å². The highest BCUT2D eigenvalue weighted by Crippen LogP contribution is 2.36. The van der Waals surface area contributed by atoms with Crippen molar-refractivity contribution >= 4 is 22.8 Å². The van der Waals surface area contributed by atoms with Crippen LogP contribution in [0.3, 0.4) is 0 Å². The molecule has 114 valence electrons. The molecule has 2 heterocycles. The van der Waals surface area contributed by atoms with Crippen LogP contribution in [0, 0.1) is 10.1 Å². The molecule has 2 rings (SSSR count). The molecule has 2 aromatic heterocycles. The van der Waals surface area contributed by atoms with Gasteiger partial charge < -0.3 is 5.32 Å². The largest absolute Gasteiger partial charge is 0.353 e. The van der Waals surface area contributed by atoms with Gasteiger partial charge in [0.2, 0.25) is 5.82 Å². The summed E-state index contributed by atoms with van der Waals surface area (Å²) in [6.45, 7) is 7.67. The molecule has 21 heavy (non-hydrogen) atoms. The van der Waals surface area contributed by atoms with E-state index in [2.05, 4.69) is 15.4 Å². The second-order valence-corrected chi connectivity index (χ2v) is 6.60. The lowest BCUT2D eigenvalue weighted by atomic mass is 10.1. The second-order valence-electron chi connectivity index (χ2n) is 5.71. The van der Waals surface area contributed by atoms with E-state index in [9.17, 15) is 10.1 Å². The number of rotatable bonds is 5. The fraction of sp³-hybridized carbons (Fsp3) is 0.538. The third-order valence-electron chi connectivity index (χ3n) is 3.18. The van der Waals surface area contributed by atoms with Crippen LogP contribution in [0.4, 0.5) is 11.5 Å². The number of aryl methyl sites for hydroxylation is 1. The fourth-order valence-corrected chi connectivity index (χ4v) is 2.84. The summed E-state index contributed by atoms with van der Waals surface area (Å²) in [5.41, 5.74) is 0.0121. The number of anilines is 1. The van der Waals surface area contributed by atoms with Crippen molar-refractivity contribution in [3.05, 3.63) is 32.4 Å². The zero-order valence-electron chi connectivity index (χ0n) is 12.7. The molecule has 0 aliphatic heterocycles. The van der Waals surface area contributed by atoms with Gasteiger partial charge in [-0.2, -0.15) is 5.10 Å². The van der Waals surface area contributed by atoms with E-state index in [-0.39, 0.29) is 16.5 Å². The lowest BCUT2D eigenvalue weighted by molar-refractivity contribution is -0.384. The molecule has 0 atom stereocenters. The van der Waals surface area contributed by atoms with Crippen LogP contribution in [0.2, 0.25) is 0 Å². The first-order valence-corrected chi connectivity index (χ1v) is 7.51. The number of aromatic nitrogens is 3. The van der Waals surface area contributed by atoms with E-state index in [0.717, 1.165) is 5.01 Å². The number of nitrogens with zero attached hydrogens (tertiary/aromatic N) is 4. The van der Waals surface area contributed by atoms with Crippen molar-refractivity contribution in [1.29, 1.82) is 0 Å². The van der Waals surface area contributed by atoms with E-state index in [1.165, 1.54) is 16.0 Å². The minimum atomic E-state index is -0.513. The van der Waals surface area contributed by atoms with Gasteiger partial charge in [0.15, 0.2) is 0 Å². The predicted molar refractivity (Wildman–Crippen MR) is 82.7 cm³/mol. The molecule has 0 aromatic carbocycles. The Labute approximate surface area is 127 Å². The average molecular weight is 309 g/mol. The summed E-state index contributed by atoms with van der Waals surface area (Å²) in [6.07, 6.45) is 1.72. The molecule has 0 spiro atoms. The predicted octanol–water partition coefficient (Wildman–Crippen LogP) is 3.26. The average Bonchev–Trinajstić information content (AvgIpc) is 2.98. The van der Waals surface area contributed by atoms with Crippen LogP contribution in [0.1, 0.15) is 44.3 Å². The van der Waals surface area contributed by atoms with Crippen molar-refractivity contribution in [2.24, 2.45) is 7.05 Å². The van der Waals surface area contributed by atoms with Gasteiger partial charge in [-0.05, 0) is 13.8 Å². The van der Waals surface area contributed by atoms with Gasteiger partial charge in [0.25, 0.3) is 0 Å². The maximum absolute atomic E-state index is 11.4. The number of nitro groups is 1. The molecule has 2 aromatic rings.